The van der Waals surface area contributed by atoms with Gasteiger partial charge in [-0.05, 0) is 36.1 Å². The number of rotatable bonds is 20. The first kappa shape index (κ1) is 36.0. The number of aryl methyl sites for hydroxylation is 1. The Bertz CT molecular complexity index is 1420. The molecule has 1 aliphatic heterocycles. The molecule has 14 nitrogen and oxygen atoms in total. The molecule has 0 spiro atoms. The zero-order valence-corrected chi connectivity index (χ0v) is 27.8. The molecular formula is C33H51N9O5. The fourth-order valence-electron chi connectivity index (χ4n) is 5.62. The molecule has 0 aliphatic carbocycles. The normalized spacial score (nSPS) is 13.7. The molecule has 0 unspecified atom stereocenters. The second-order valence-corrected chi connectivity index (χ2v) is 11.8. The van der Waals surface area contributed by atoms with E-state index in [4.69, 9.17) is 21.1 Å². The maximum atomic E-state index is 12.7. The van der Waals surface area contributed by atoms with E-state index in [2.05, 4.69) is 73.1 Å². The van der Waals surface area contributed by atoms with Crippen LogP contribution in [0.15, 0.2) is 30.5 Å². The molecule has 258 valence electrons. The Morgan fingerprint density at radius 2 is 1.74 bits per heavy atom. The Labute approximate surface area is 277 Å². The van der Waals surface area contributed by atoms with E-state index in [9.17, 15) is 9.59 Å². The zero-order valence-electron chi connectivity index (χ0n) is 27.8. The molecule has 0 saturated carbocycles. The van der Waals surface area contributed by atoms with Crippen molar-refractivity contribution in [2.24, 2.45) is 5.90 Å². The standard InChI is InChI=1S/C33H51N9O5/c1-3-4-5-10-37-32-31-28(38-33(34)39-32)8-12-42(31)23-27-7-6-26(21-25(27)2)22-40-13-15-41(16-14-40)30(44)9-17-45-19-20-46-18-11-36-29(43)24-47-35/h6-8,12,21H,3-5,9-11,13-20,22-24,35H2,1-2H3,(H,36,43)(H3,34,37,38,39). The summed E-state index contributed by atoms with van der Waals surface area (Å²) in [5, 5.41) is 6.08. The van der Waals surface area contributed by atoms with Crippen LogP contribution in [0.1, 0.15) is 49.3 Å². The van der Waals surface area contributed by atoms with Gasteiger partial charge in [-0.2, -0.15) is 4.98 Å². The first-order valence-corrected chi connectivity index (χ1v) is 16.6. The van der Waals surface area contributed by atoms with Gasteiger partial charge in [0.15, 0.2) is 5.82 Å². The fraction of sp³-hybridized carbons (Fsp3) is 0.576. The van der Waals surface area contributed by atoms with Crippen LogP contribution in [0.25, 0.3) is 11.0 Å². The number of piperazine rings is 1. The molecule has 6 N–H and O–H groups in total. The number of fused-ring (bicyclic) bond motifs is 1. The minimum absolute atomic E-state index is 0.112. The number of carbonyl (C=O) groups excluding carboxylic acids is 2. The molecule has 0 atom stereocenters. The summed E-state index contributed by atoms with van der Waals surface area (Å²) in [5.74, 6) is 5.72. The predicted molar refractivity (Wildman–Crippen MR) is 181 cm³/mol. The van der Waals surface area contributed by atoms with Crippen LogP contribution in [-0.4, -0.2) is 108 Å². The van der Waals surface area contributed by atoms with E-state index < -0.39 is 0 Å². The molecule has 0 radical (unpaired) electrons. The highest BCUT2D eigenvalue weighted by Crippen LogP contribution is 2.25. The number of amides is 2. The number of anilines is 2. The number of hydrogen-bond acceptors (Lipinski definition) is 11. The van der Waals surface area contributed by atoms with Crippen molar-refractivity contribution in [1.29, 1.82) is 0 Å². The van der Waals surface area contributed by atoms with Gasteiger partial charge in [-0.1, -0.05) is 38.0 Å². The number of unbranched alkanes of at least 4 members (excludes halogenated alkanes) is 2. The van der Waals surface area contributed by atoms with Crippen molar-refractivity contribution in [2.75, 3.05) is 83.4 Å². The largest absolute Gasteiger partial charge is 0.379 e. The summed E-state index contributed by atoms with van der Waals surface area (Å²) >= 11 is 0. The number of nitrogen functional groups attached to an aromatic ring is 1. The first-order chi connectivity index (χ1) is 22.9. The van der Waals surface area contributed by atoms with E-state index in [0.717, 1.165) is 56.0 Å². The quantitative estimate of drug-likeness (QED) is 0.104. The molecule has 3 heterocycles. The lowest BCUT2D eigenvalue weighted by molar-refractivity contribution is -0.134. The van der Waals surface area contributed by atoms with Gasteiger partial charge in [0.05, 0.1) is 38.4 Å². The number of benzene rings is 1. The van der Waals surface area contributed by atoms with Crippen LogP contribution in [0, 0.1) is 6.92 Å². The van der Waals surface area contributed by atoms with Gasteiger partial charge < -0.3 is 35.3 Å². The molecule has 4 rings (SSSR count). The monoisotopic (exact) mass is 653 g/mol. The Kier molecular flexibility index (Phi) is 14.6. The Morgan fingerprint density at radius 3 is 2.49 bits per heavy atom. The van der Waals surface area contributed by atoms with Gasteiger partial charge in [0.25, 0.3) is 0 Å². The van der Waals surface area contributed by atoms with Crippen LogP contribution in [0.2, 0.25) is 0 Å². The van der Waals surface area contributed by atoms with Crippen LogP contribution in [-0.2, 0) is 37.0 Å². The number of nitrogens with one attached hydrogen (secondary N) is 2. The molecule has 3 aromatic rings. The lowest BCUT2D eigenvalue weighted by Crippen LogP contribution is -2.48. The fourth-order valence-corrected chi connectivity index (χ4v) is 5.62. The molecule has 47 heavy (non-hydrogen) atoms. The lowest BCUT2D eigenvalue weighted by atomic mass is 10.0. The zero-order chi connectivity index (χ0) is 33.4. The van der Waals surface area contributed by atoms with Gasteiger partial charge in [0.2, 0.25) is 17.8 Å². The maximum Gasteiger partial charge on any atom is 0.248 e. The highest BCUT2D eigenvalue weighted by Gasteiger charge is 2.21. The molecule has 1 aliphatic rings. The Morgan fingerprint density at radius 1 is 0.957 bits per heavy atom. The molecule has 2 amide bonds. The van der Waals surface area contributed by atoms with Crippen molar-refractivity contribution < 1.29 is 23.9 Å². The summed E-state index contributed by atoms with van der Waals surface area (Å²) in [6.45, 7) is 11.6. The lowest BCUT2D eigenvalue weighted by Gasteiger charge is -2.35. The summed E-state index contributed by atoms with van der Waals surface area (Å²) in [6, 6.07) is 8.68. The molecule has 1 fully saturated rings. The summed E-state index contributed by atoms with van der Waals surface area (Å²) < 4.78 is 13.1. The van der Waals surface area contributed by atoms with Crippen molar-refractivity contribution in [3.8, 4) is 0 Å². The smallest absolute Gasteiger partial charge is 0.248 e. The first-order valence-electron chi connectivity index (χ1n) is 16.6. The molecular weight excluding hydrogens is 602 g/mol. The van der Waals surface area contributed by atoms with E-state index in [0.29, 0.717) is 52.5 Å². The molecule has 1 saturated heterocycles. The van der Waals surface area contributed by atoms with Gasteiger partial charge in [0, 0.05) is 58.6 Å². The van der Waals surface area contributed by atoms with E-state index in [1.165, 1.54) is 29.5 Å². The number of carbonyl (C=O) groups is 2. The Hall–Kier alpha value is -3.82. The molecule has 0 bridgehead atoms. The van der Waals surface area contributed by atoms with E-state index in [-0.39, 0.29) is 24.4 Å². The van der Waals surface area contributed by atoms with Crippen molar-refractivity contribution in [2.45, 2.75) is 52.6 Å². The van der Waals surface area contributed by atoms with E-state index >= 15 is 0 Å². The van der Waals surface area contributed by atoms with Crippen LogP contribution >= 0.6 is 0 Å². The maximum absolute atomic E-state index is 12.7. The van der Waals surface area contributed by atoms with Gasteiger partial charge in [-0.25, -0.2) is 10.9 Å². The molecule has 14 heteroatoms. The average Bonchev–Trinajstić information content (AvgIpc) is 3.46. The summed E-state index contributed by atoms with van der Waals surface area (Å²) in [7, 11) is 0. The minimum atomic E-state index is -0.294. The summed E-state index contributed by atoms with van der Waals surface area (Å²) in [5.41, 5.74) is 11.6. The predicted octanol–water partition coefficient (Wildman–Crippen LogP) is 2.05. The summed E-state index contributed by atoms with van der Waals surface area (Å²) in [4.78, 5) is 41.4. The Balaban J connectivity index is 1.17. The van der Waals surface area contributed by atoms with Crippen molar-refractivity contribution in [3.05, 3.63) is 47.2 Å². The average molecular weight is 654 g/mol. The van der Waals surface area contributed by atoms with Crippen LogP contribution in [0.3, 0.4) is 0 Å². The van der Waals surface area contributed by atoms with Crippen LogP contribution < -0.4 is 22.3 Å². The van der Waals surface area contributed by atoms with Gasteiger partial charge >= 0.3 is 0 Å². The highest BCUT2D eigenvalue weighted by molar-refractivity contribution is 5.87. The van der Waals surface area contributed by atoms with E-state index in [1.807, 2.05) is 11.0 Å². The topological polar surface area (TPSA) is 175 Å². The van der Waals surface area contributed by atoms with Gasteiger partial charge in [-0.15, -0.1) is 0 Å². The van der Waals surface area contributed by atoms with E-state index in [1.54, 1.807) is 0 Å². The number of ether oxygens (including phenoxy) is 2. The van der Waals surface area contributed by atoms with Crippen molar-refractivity contribution in [1.82, 2.24) is 29.7 Å². The van der Waals surface area contributed by atoms with Crippen LogP contribution in [0.4, 0.5) is 11.8 Å². The summed E-state index contributed by atoms with van der Waals surface area (Å²) in [6.07, 6.45) is 5.82. The second-order valence-electron chi connectivity index (χ2n) is 11.8. The molecule has 1 aromatic carbocycles. The number of hydrogen-bond donors (Lipinski definition) is 4. The van der Waals surface area contributed by atoms with Gasteiger partial charge in [-0.3, -0.25) is 19.3 Å². The second kappa shape index (κ2) is 19.1. The van der Waals surface area contributed by atoms with Crippen LogP contribution in [0.5, 0.6) is 0 Å². The van der Waals surface area contributed by atoms with Crippen molar-refractivity contribution >= 4 is 34.6 Å². The third-order valence-corrected chi connectivity index (χ3v) is 8.19. The SMILES string of the molecule is CCCCCNc1nc(N)nc2ccn(Cc3ccc(CN4CCN(C(=O)CCOCCOCCNC(=O)CON)CC4)cc3C)c12. The number of nitrogens with zero attached hydrogens (tertiary/aromatic N) is 5. The third-order valence-electron chi connectivity index (χ3n) is 8.19. The minimum Gasteiger partial charge on any atom is -0.379 e. The van der Waals surface area contributed by atoms with Gasteiger partial charge in [0.1, 0.15) is 12.1 Å². The number of aromatic nitrogens is 3. The van der Waals surface area contributed by atoms with Crippen molar-refractivity contribution in [3.63, 3.8) is 0 Å². The number of nitrogens with two attached hydrogens (primary N) is 2. The highest BCUT2D eigenvalue weighted by atomic mass is 16.6. The molecule has 2 aromatic heterocycles. The third kappa shape index (κ3) is 11.4.